The highest BCUT2D eigenvalue weighted by atomic mass is 16.5. The first-order valence-electron chi connectivity index (χ1n) is 6.53. The van der Waals surface area contributed by atoms with Crippen LogP contribution in [0.2, 0.25) is 0 Å². The van der Waals surface area contributed by atoms with Gasteiger partial charge in [0.25, 0.3) is 5.91 Å². The topological polar surface area (TPSA) is 53.4 Å². The number of benzene rings is 1. The molecule has 1 aromatic carbocycles. The molecule has 21 heavy (non-hydrogen) atoms. The van der Waals surface area contributed by atoms with Crippen LogP contribution in [0.3, 0.4) is 0 Å². The van der Waals surface area contributed by atoms with Gasteiger partial charge < -0.3 is 9.47 Å². The maximum atomic E-state index is 12.1. The van der Waals surface area contributed by atoms with Crippen molar-refractivity contribution in [2.24, 2.45) is 0 Å². The van der Waals surface area contributed by atoms with E-state index in [9.17, 15) is 4.79 Å². The second-order valence-corrected chi connectivity index (χ2v) is 4.62. The fourth-order valence-electron chi connectivity index (χ4n) is 2.05. The Labute approximate surface area is 123 Å². The molecule has 1 heterocycles. The van der Waals surface area contributed by atoms with Crippen molar-refractivity contribution in [2.75, 3.05) is 14.2 Å². The van der Waals surface area contributed by atoms with Crippen molar-refractivity contribution >= 4 is 12.0 Å². The summed E-state index contributed by atoms with van der Waals surface area (Å²) in [6, 6.07) is 7.32. The van der Waals surface area contributed by atoms with Crippen molar-refractivity contribution in [2.45, 2.75) is 13.8 Å². The van der Waals surface area contributed by atoms with Gasteiger partial charge in [0.1, 0.15) is 0 Å². The maximum absolute atomic E-state index is 12.1. The van der Waals surface area contributed by atoms with Gasteiger partial charge in [-0.15, -0.1) is 0 Å². The van der Waals surface area contributed by atoms with Crippen molar-refractivity contribution in [1.82, 2.24) is 9.78 Å². The van der Waals surface area contributed by atoms with Crippen molar-refractivity contribution in [3.05, 3.63) is 47.3 Å². The van der Waals surface area contributed by atoms with E-state index < -0.39 is 0 Å². The first kappa shape index (κ1) is 14.8. The van der Waals surface area contributed by atoms with Crippen molar-refractivity contribution in [3.63, 3.8) is 0 Å². The highest BCUT2D eigenvalue weighted by Gasteiger charge is 2.07. The van der Waals surface area contributed by atoms with Crippen LogP contribution in [-0.4, -0.2) is 29.9 Å². The SMILES string of the molecule is COc1ccc(C=CC(=O)n2nc(C)cc2C)cc1OC. The molecule has 0 aliphatic carbocycles. The first-order chi connectivity index (χ1) is 10.0. The Morgan fingerprint density at radius 2 is 1.86 bits per heavy atom. The van der Waals surface area contributed by atoms with Gasteiger partial charge in [0, 0.05) is 11.8 Å². The molecule has 0 unspecified atom stereocenters. The summed E-state index contributed by atoms with van der Waals surface area (Å²) in [6.45, 7) is 3.71. The van der Waals surface area contributed by atoms with E-state index in [4.69, 9.17) is 9.47 Å². The van der Waals surface area contributed by atoms with Crippen molar-refractivity contribution in [3.8, 4) is 11.5 Å². The summed E-state index contributed by atoms with van der Waals surface area (Å²) in [7, 11) is 3.16. The molecule has 2 rings (SSSR count). The van der Waals surface area contributed by atoms with E-state index in [1.807, 2.05) is 32.0 Å². The largest absolute Gasteiger partial charge is 0.493 e. The maximum Gasteiger partial charge on any atom is 0.271 e. The van der Waals surface area contributed by atoms with Gasteiger partial charge in [0.05, 0.1) is 19.9 Å². The van der Waals surface area contributed by atoms with E-state index in [2.05, 4.69) is 5.10 Å². The lowest BCUT2D eigenvalue weighted by Crippen LogP contribution is -2.10. The molecule has 0 spiro atoms. The summed E-state index contributed by atoms with van der Waals surface area (Å²) >= 11 is 0. The van der Waals surface area contributed by atoms with Crippen LogP contribution in [0.1, 0.15) is 21.7 Å². The van der Waals surface area contributed by atoms with Crippen LogP contribution in [0.25, 0.3) is 6.08 Å². The number of hydrogen-bond acceptors (Lipinski definition) is 4. The Morgan fingerprint density at radius 1 is 1.14 bits per heavy atom. The molecule has 0 radical (unpaired) electrons. The molecular formula is C16H18N2O3. The fraction of sp³-hybridized carbons (Fsp3) is 0.250. The molecule has 0 atom stereocenters. The summed E-state index contributed by atoms with van der Waals surface area (Å²) in [5.74, 6) is 1.09. The predicted molar refractivity (Wildman–Crippen MR) is 80.9 cm³/mol. The first-order valence-corrected chi connectivity index (χ1v) is 6.53. The minimum absolute atomic E-state index is 0.185. The molecule has 0 N–H and O–H groups in total. The number of aryl methyl sites for hydroxylation is 2. The zero-order valence-corrected chi connectivity index (χ0v) is 12.6. The number of carbonyl (C=O) groups excluding carboxylic acids is 1. The number of methoxy groups -OCH3 is 2. The number of rotatable bonds is 4. The molecular weight excluding hydrogens is 268 g/mol. The minimum atomic E-state index is -0.185. The van der Waals surface area contributed by atoms with Gasteiger partial charge in [0.15, 0.2) is 11.5 Å². The molecule has 1 aromatic heterocycles. The Morgan fingerprint density at radius 3 is 2.43 bits per heavy atom. The van der Waals surface area contributed by atoms with Gasteiger partial charge in [0.2, 0.25) is 0 Å². The zero-order valence-electron chi connectivity index (χ0n) is 12.6. The molecule has 0 saturated carbocycles. The summed E-state index contributed by atoms with van der Waals surface area (Å²) in [4.78, 5) is 12.1. The molecule has 110 valence electrons. The van der Waals surface area contributed by atoms with Crippen LogP contribution in [0.15, 0.2) is 30.3 Å². The molecule has 2 aromatic rings. The Balaban J connectivity index is 2.21. The van der Waals surface area contributed by atoms with Crippen LogP contribution in [0.4, 0.5) is 0 Å². The molecule has 0 saturated heterocycles. The number of nitrogens with zero attached hydrogens (tertiary/aromatic N) is 2. The van der Waals surface area contributed by atoms with E-state index >= 15 is 0 Å². The van der Waals surface area contributed by atoms with Crippen LogP contribution in [-0.2, 0) is 0 Å². The van der Waals surface area contributed by atoms with Gasteiger partial charge in [-0.1, -0.05) is 6.07 Å². The molecule has 0 bridgehead atoms. The normalized spacial score (nSPS) is 10.9. The summed E-state index contributed by atoms with van der Waals surface area (Å²) < 4.78 is 11.8. The lowest BCUT2D eigenvalue weighted by Gasteiger charge is -2.07. The van der Waals surface area contributed by atoms with Crippen molar-refractivity contribution < 1.29 is 14.3 Å². The third-order valence-corrected chi connectivity index (χ3v) is 3.04. The Bertz CT molecular complexity index is 687. The van der Waals surface area contributed by atoms with Gasteiger partial charge >= 0.3 is 0 Å². The minimum Gasteiger partial charge on any atom is -0.493 e. The highest BCUT2D eigenvalue weighted by molar-refractivity contribution is 5.93. The zero-order chi connectivity index (χ0) is 15.4. The number of carbonyl (C=O) groups is 1. The highest BCUT2D eigenvalue weighted by Crippen LogP contribution is 2.27. The van der Waals surface area contributed by atoms with Gasteiger partial charge in [-0.3, -0.25) is 4.79 Å². The van der Waals surface area contributed by atoms with Gasteiger partial charge in [-0.25, -0.2) is 4.68 Å². The molecule has 5 heteroatoms. The summed E-state index contributed by atoms with van der Waals surface area (Å²) in [5.41, 5.74) is 2.48. The monoisotopic (exact) mass is 286 g/mol. The molecule has 0 aliphatic rings. The van der Waals surface area contributed by atoms with E-state index in [-0.39, 0.29) is 5.91 Å². The van der Waals surface area contributed by atoms with E-state index in [0.717, 1.165) is 17.0 Å². The summed E-state index contributed by atoms with van der Waals surface area (Å²) in [6.07, 6.45) is 3.21. The second-order valence-electron chi connectivity index (χ2n) is 4.62. The molecule has 0 aliphatic heterocycles. The average Bonchev–Trinajstić information content (AvgIpc) is 2.83. The van der Waals surface area contributed by atoms with Crippen LogP contribution in [0, 0.1) is 13.8 Å². The number of allylic oxidation sites excluding steroid dienone is 1. The van der Waals surface area contributed by atoms with Crippen LogP contribution >= 0.6 is 0 Å². The third kappa shape index (κ3) is 3.31. The molecule has 0 fully saturated rings. The standard InChI is InChI=1S/C16H18N2O3/c1-11-9-12(2)18(17-11)16(19)8-6-13-5-7-14(20-3)15(10-13)21-4/h5-10H,1-4H3. The average molecular weight is 286 g/mol. The van der Waals surface area contributed by atoms with E-state index in [1.54, 1.807) is 26.4 Å². The lowest BCUT2D eigenvalue weighted by molar-refractivity contribution is 0.0952. The van der Waals surface area contributed by atoms with Crippen molar-refractivity contribution in [1.29, 1.82) is 0 Å². The number of aromatic nitrogens is 2. The smallest absolute Gasteiger partial charge is 0.271 e. The third-order valence-electron chi connectivity index (χ3n) is 3.04. The molecule has 5 nitrogen and oxygen atoms in total. The van der Waals surface area contributed by atoms with E-state index in [0.29, 0.717) is 11.5 Å². The number of ether oxygens (including phenoxy) is 2. The Kier molecular flexibility index (Phi) is 4.42. The predicted octanol–water partition coefficient (Wildman–Crippen LogP) is 2.87. The van der Waals surface area contributed by atoms with Gasteiger partial charge in [-0.2, -0.15) is 5.10 Å². The quantitative estimate of drug-likeness (QED) is 0.811. The van der Waals surface area contributed by atoms with Crippen LogP contribution < -0.4 is 9.47 Å². The summed E-state index contributed by atoms with van der Waals surface area (Å²) in [5, 5.41) is 4.15. The van der Waals surface area contributed by atoms with E-state index in [1.165, 1.54) is 10.8 Å². The molecule has 0 amide bonds. The second kappa shape index (κ2) is 6.26. The number of hydrogen-bond donors (Lipinski definition) is 0. The van der Waals surface area contributed by atoms with Gasteiger partial charge in [-0.05, 0) is 43.7 Å². The Hall–Kier alpha value is -2.56. The fourth-order valence-corrected chi connectivity index (χ4v) is 2.05. The lowest BCUT2D eigenvalue weighted by atomic mass is 10.2. The van der Waals surface area contributed by atoms with Crippen LogP contribution in [0.5, 0.6) is 11.5 Å².